The van der Waals surface area contributed by atoms with Crippen molar-refractivity contribution in [3.05, 3.63) is 271 Å². The largest absolute Gasteiger partial charge is 1.00 e. The van der Waals surface area contributed by atoms with Crippen LogP contribution in [-0.2, 0) is 9.47 Å². The summed E-state index contributed by atoms with van der Waals surface area (Å²) in [6, 6.07) is 53.8. The summed E-state index contributed by atoms with van der Waals surface area (Å²) in [6.45, 7) is 4.00. The summed E-state index contributed by atoms with van der Waals surface area (Å²) in [5, 5.41) is 6.68. The minimum Gasteiger partial charge on any atom is -0.577 e. The third-order valence-corrected chi connectivity index (χ3v) is 21.1. The Hall–Kier alpha value is 1.09. The van der Waals surface area contributed by atoms with Crippen molar-refractivity contribution in [1.82, 2.24) is 0 Å². The standard InChI is InChI=1S/2C24H22NP2.2C4H8O.3K.2H2P/c2*1-5-13-21(14-6-1)26(22-15-7-2-8-16-22)25-27(23-17-9-3-10-18-23)24-19-11-4-12-20-24;2*1-2-4-5-3-1;;;;;/h2*1-20,26-27H;2*1-4H2;;;;2*1H2/q-3;-1;;;3*+1;2*-1. The van der Waals surface area contributed by atoms with Gasteiger partial charge in [-0.25, -0.2) is 18.2 Å². The molecule has 0 amide bonds. The number of ether oxygens (including phenoxy) is 2. The topological polar surface area (TPSA) is 46.7 Å². The van der Waals surface area contributed by atoms with Crippen LogP contribution in [0, 0.1) is 36.2 Å². The van der Waals surface area contributed by atoms with Crippen LogP contribution in [0.5, 0.6) is 0 Å². The molecule has 5 aliphatic rings. The second-order valence-corrected chi connectivity index (χ2v) is 24.4. The van der Waals surface area contributed by atoms with Crippen molar-refractivity contribution in [2.75, 3.05) is 26.4 Å². The molecule has 2 heterocycles. The van der Waals surface area contributed by atoms with Gasteiger partial charge in [-0.3, -0.25) is 73.9 Å². The second kappa shape index (κ2) is 40.4. The molecular weight excluding hydrogens is 1040 g/mol. The van der Waals surface area contributed by atoms with Gasteiger partial charge in [0.15, 0.2) is 0 Å². The zero-order chi connectivity index (χ0) is 43.7. The molecule has 3 unspecified atom stereocenters. The Morgan fingerprint density at radius 2 is 0.609 bits per heavy atom. The van der Waals surface area contributed by atoms with Crippen LogP contribution in [0.2, 0.25) is 0 Å². The fourth-order valence-electron chi connectivity index (χ4n) is 7.20. The van der Waals surface area contributed by atoms with Crippen molar-refractivity contribution < 1.29 is 164 Å². The maximum Gasteiger partial charge on any atom is 1.00 e. The molecule has 4 nitrogen and oxygen atoms in total. The van der Waals surface area contributed by atoms with Gasteiger partial charge >= 0.3 is 154 Å². The Balaban J connectivity index is 0.000000370. The summed E-state index contributed by atoms with van der Waals surface area (Å²) in [6.07, 6.45) is 37.4. The van der Waals surface area contributed by atoms with Crippen LogP contribution in [0.3, 0.4) is 0 Å². The van der Waals surface area contributed by atoms with E-state index in [0.29, 0.717) is 0 Å². The number of nitrogens with zero attached hydrogens (tertiary/aromatic N) is 2. The molecule has 0 bridgehead atoms. The van der Waals surface area contributed by atoms with Gasteiger partial charge in [-0.1, -0.05) is 115 Å². The van der Waals surface area contributed by atoms with Gasteiger partial charge in [-0.2, -0.15) is 0 Å². The molecule has 2 saturated heterocycles. The van der Waals surface area contributed by atoms with Crippen LogP contribution < -0.4 is 181 Å². The van der Waals surface area contributed by atoms with E-state index in [0.717, 1.165) is 26.4 Å². The predicted molar refractivity (Wildman–Crippen MR) is 307 cm³/mol. The van der Waals surface area contributed by atoms with E-state index in [9.17, 15) is 0 Å². The third-order valence-electron chi connectivity index (χ3n) is 10.5. The summed E-state index contributed by atoms with van der Waals surface area (Å²) in [5.41, 5.74) is 4.01. The summed E-state index contributed by atoms with van der Waals surface area (Å²) in [5.74, 6) is 0. The van der Waals surface area contributed by atoms with Gasteiger partial charge in [0.05, 0.1) is 26.5 Å². The first kappa shape index (κ1) is 66.2. The Labute approximate surface area is 555 Å². The third kappa shape index (κ3) is 23.5. The molecule has 346 valence electrons. The minimum absolute atomic E-state index is 0. The monoisotopic (exact) mass is 1100 g/mol. The molecule has 0 N–H and O–H groups in total. The zero-order valence-corrected chi connectivity index (χ0v) is 56.3. The first-order chi connectivity index (χ1) is 31.8. The maximum absolute atomic E-state index is 5.56. The molecular formula is C56H64K3N2O2P6-3. The Bertz CT molecular complexity index is 2100. The Morgan fingerprint density at radius 3 is 0.841 bits per heavy atom. The molecule has 13 heteroatoms. The SMILES string of the molecule is C1=C[CH-][C-]([PH+]([N-][PH+](c2ccccc2)[C-]2C=CC=C[CH-]2)c2ccccc2)C=C1.C1=C[CH-][C-]([PH+]([N-][PH+](c2ccccc2)c2ccccc2)c2ccccc2)C=C1.C1CCOC1.C1CCOC1.[K+].[K+].[K+].[PH2-].[PH2-]. The zero-order valence-electron chi connectivity index (χ0n) is 40.6. The smallest absolute Gasteiger partial charge is 0.577 e. The van der Waals surface area contributed by atoms with Gasteiger partial charge in [-0.15, -0.1) is 17.0 Å². The van der Waals surface area contributed by atoms with E-state index in [4.69, 9.17) is 19.2 Å². The summed E-state index contributed by atoms with van der Waals surface area (Å²) in [4.78, 5) is 11.1. The van der Waals surface area contributed by atoms with Crippen LogP contribution >= 0.6 is 52.1 Å². The predicted octanol–water partition coefficient (Wildman–Crippen LogP) is 4.71. The van der Waals surface area contributed by atoms with Crippen LogP contribution in [0.25, 0.3) is 9.72 Å². The number of allylic oxidation sites excluding steroid dienone is 12. The molecule has 2 fully saturated rings. The minimum atomic E-state index is -1.22. The van der Waals surface area contributed by atoms with E-state index in [2.05, 4.69) is 244 Å². The average molecular weight is 1100 g/mol. The van der Waals surface area contributed by atoms with E-state index >= 15 is 0 Å². The number of benzene rings is 5. The number of hydrogen-bond acceptors (Lipinski definition) is 2. The summed E-state index contributed by atoms with van der Waals surface area (Å²) >= 11 is 0. The van der Waals surface area contributed by atoms with Gasteiger partial charge in [0, 0.05) is 34.5 Å². The molecule has 5 aromatic rings. The van der Waals surface area contributed by atoms with Crippen molar-refractivity contribution >= 4 is 78.6 Å². The van der Waals surface area contributed by atoms with Gasteiger partial charge in [0.25, 0.3) is 0 Å². The van der Waals surface area contributed by atoms with Crippen LogP contribution in [0.15, 0.2) is 225 Å². The van der Waals surface area contributed by atoms with Gasteiger partial charge < -0.3 is 39.0 Å². The normalized spacial score (nSPS) is 15.8. The van der Waals surface area contributed by atoms with Crippen LogP contribution in [0.1, 0.15) is 25.7 Å². The van der Waals surface area contributed by atoms with Crippen LogP contribution in [0.4, 0.5) is 0 Å². The molecule has 0 aromatic heterocycles. The summed E-state index contributed by atoms with van der Waals surface area (Å²) in [7, 11) is -4.89. The average Bonchev–Trinajstić information content (AvgIpc) is 4.19. The molecule has 69 heavy (non-hydrogen) atoms. The van der Waals surface area contributed by atoms with E-state index in [1.165, 1.54) is 69.2 Å². The Morgan fingerprint density at radius 1 is 0.348 bits per heavy atom. The number of hydrogen-bond donors (Lipinski definition) is 0. The molecule has 3 aliphatic carbocycles. The quantitative estimate of drug-likeness (QED) is 0.103. The molecule has 3 atom stereocenters. The molecule has 10 rings (SSSR count). The van der Waals surface area contributed by atoms with Crippen molar-refractivity contribution in [2.45, 2.75) is 25.7 Å². The van der Waals surface area contributed by atoms with E-state index < -0.39 is 32.3 Å². The fourth-order valence-corrected chi connectivity index (χ4v) is 18.5. The molecule has 0 saturated carbocycles. The van der Waals surface area contributed by atoms with Crippen molar-refractivity contribution in [1.29, 1.82) is 0 Å². The van der Waals surface area contributed by atoms with Crippen molar-refractivity contribution in [3.63, 3.8) is 0 Å². The van der Waals surface area contributed by atoms with Gasteiger partial charge in [0.2, 0.25) is 0 Å². The van der Waals surface area contributed by atoms with Crippen LogP contribution in [-0.4, -0.2) is 26.4 Å². The van der Waals surface area contributed by atoms with E-state index in [-0.39, 0.29) is 174 Å². The molecule has 0 radical (unpaired) electrons. The first-order valence-corrected chi connectivity index (χ1v) is 28.1. The Kier molecular flexibility index (Phi) is 38.7. The van der Waals surface area contributed by atoms with E-state index in [1.54, 1.807) is 0 Å². The summed E-state index contributed by atoms with van der Waals surface area (Å²) < 4.78 is 9.89. The fraction of sp³-hybridized carbons (Fsp3) is 0.143. The van der Waals surface area contributed by atoms with Gasteiger partial charge in [0.1, 0.15) is 0 Å². The molecule has 0 spiro atoms. The molecule has 2 aliphatic heterocycles. The second-order valence-electron chi connectivity index (χ2n) is 15.2. The number of rotatable bonds is 12. The first-order valence-electron chi connectivity index (χ1n) is 22.3. The van der Waals surface area contributed by atoms with Gasteiger partial charge in [-0.05, 0) is 86.3 Å². The maximum atomic E-state index is 5.56. The van der Waals surface area contributed by atoms with Crippen molar-refractivity contribution in [2.24, 2.45) is 0 Å². The van der Waals surface area contributed by atoms with E-state index in [1.807, 2.05) is 0 Å². The van der Waals surface area contributed by atoms with Crippen molar-refractivity contribution in [3.8, 4) is 0 Å². The molecule has 5 aromatic carbocycles.